The molecule has 9 heavy (non-hydrogen) atoms. The van der Waals surface area contributed by atoms with Gasteiger partial charge < -0.3 is 5.32 Å². The SMILES string of the molecule is [CH2-][NH2+]CCCSC(C)C. The van der Waals surface area contributed by atoms with Crippen LogP contribution < -0.4 is 5.32 Å². The third-order valence-electron chi connectivity index (χ3n) is 1.00. The molecule has 0 rings (SSSR count). The molecule has 56 valence electrons. The Balaban J connectivity index is 2.75. The third-order valence-corrected chi connectivity index (χ3v) is 2.19. The van der Waals surface area contributed by atoms with Gasteiger partial charge in [-0.25, -0.2) is 0 Å². The minimum atomic E-state index is 0.787. The van der Waals surface area contributed by atoms with Crippen molar-refractivity contribution in [3.63, 3.8) is 0 Å². The lowest BCUT2D eigenvalue weighted by Crippen LogP contribution is -2.76. The van der Waals surface area contributed by atoms with Gasteiger partial charge in [0.1, 0.15) is 0 Å². The van der Waals surface area contributed by atoms with Gasteiger partial charge in [-0.15, -0.1) is 0 Å². The fourth-order valence-corrected chi connectivity index (χ4v) is 1.35. The van der Waals surface area contributed by atoms with E-state index in [4.69, 9.17) is 0 Å². The van der Waals surface area contributed by atoms with Gasteiger partial charge >= 0.3 is 0 Å². The Morgan fingerprint density at radius 1 is 1.56 bits per heavy atom. The van der Waals surface area contributed by atoms with Crippen molar-refractivity contribution >= 4 is 11.8 Å². The Labute approximate surface area is 62.6 Å². The lowest BCUT2D eigenvalue weighted by molar-refractivity contribution is -0.595. The van der Waals surface area contributed by atoms with Crippen LogP contribution in [0.5, 0.6) is 0 Å². The normalized spacial score (nSPS) is 10.7. The number of hydrogen-bond donors (Lipinski definition) is 1. The van der Waals surface area contributed by atoms with Crippen molar-refractivity contribution in [1.82, 2.24) is 0 Å². The molecule has 0 aliphatic heterocycles. The van der Waals surface area contributed by atoms with Crippen LogP contribution in [0.4, 0.5) is 0 Å². The molecule has 0 unspecified atom stereocenters. The molecule has 0 aromatic carbocycles. The Bertz CT molecular complexity index is 54.9. The first-order chi connectivity index (χ1) is 4.27. The Kier molecular flexibility index (Phi) is 6.65. The van der Waals surface area contributed by atoms with Crippen LogP contribution in [0, 0.1) is 7.05 Å². The number of nitrogens with two attached hydrogens (primary N) is 1. The van der Waals surface area contributed by atoms with Crippen LogP contribution in [0.1, 0.15) is 20.3 Å². The van der Waals surface area contributed by atoms with Gasteiger partial charge in [0.2, 0.25) is 0 Å². The van der Waals surface area contributed by atoms with Gasteiger partial charge in [0.15, 0.2) is 0 Å². The van der Waals surface area contributed by atoms with Crippen LogP contribution in [0.2, 0.25) is 0 Å². The molecule has 0 spiro atoms. The summed E-state index contributed by atoms with van der Waals surface area (Å²) in [7, 11) is 3.67. The maximum absolute atomic E-state index is 3.67. The highest BCUT2D eigenvalue weighted by Crippen LogP contribution is 2.08. The first kappa shape index (κ1) is 9.31. The van der Waals surface area contributed by atoms with Crippen molar-refractivity contribution in [1.29, 1.82) is 0 Å². The zero-order valence-corrected chi connectivity index (χ0v) is 7.21. The van der Waals surface area contributed by atoms with Gasteiger partial charge in [0.25, 0.3) is 0 Å². The average Bonchev–Trinajstić information content (AvgIpc) is 1.80. The summed E-state index contributed by atoms with van der Waals surface area (Å²) < 4.78 is 0. The molecular weight excluding hydrogens is 130 g/mol. The molecule has 0 aromatic rings. The van der Waals surface area contributed by atoms with E-state index in [0.29, 0.717) is 0 Å². The summed E-state index contributed by atoms with van der Waals surface area (Å²) in [6.07, 6.45) is 1.28. The smallest absolute Gasteiger partial charge is 0.0523 e. The molecule has 0 bridgehead atoms. The minimum Gasteiger partial charge on any atom is -0.479 e. The van der Waals surface area contributed by atoms with Crippen molar-refractivity contribution in [2.75, 3.05) is 12.3 Å². The average molecular weight is 147 g/mol. The quantitative estimate of drug-likeness (QED) is 0.451. The van der Waals surface area contributed by atoms with Crippen LogP contribution >= 0.6 is 11.8 Å². The van der Waals surface area contributed by atoms with Gasteiger partial charge in [0.05, 0.1) is 6.54 Å². The lowest BCUT2D eigenvalue weighted by Gasteiger charge is -2.03. The zero-order valence-electron chi connectivity index (χ0n) is 6.39. The fourth-order valence-electron chi connectivity index (χ4n) is 0.547. The minimum absolute atomic E-state index is 0.787. The summed E-state index contributed by atoms with van der Waals surface area (Å²) in [6, 6.07) is 0. The topological polar surface area (TPSA) is 16.6 Å². The van der Waals surface area contributed by atoms with Gasteiger partial charge in [-0.1, -0.05) is 13.8 Å². The van der Waals surface area contributed by atoms with E-state index >= 15 is 0 Å². The second-order valence-corrected chi connectivity index (χ2v) is 4.03. The Hall–Kier alpha value is 0.310. The molecule has 0 radical (unpaired) electrons. The second kappa shape index (κ2) is 6.43. The van der Waals surface area contributed by atoms with Crippen molar-refractivity contribution in [3.8, 4) is 0 Å². The van der Waals surface area contributed by atoms with E-state index in [0.717, 1.165) is 5.25 Å². The molecule has 0 heterocycles. The maximum atomic E-state index is 3.67. The summed E-state index contributed by atoms with van der Waals surface area (Å²) in [4.78, 5) is 0. The monoisotopic (exact) mass is 147 g/mol. The van der Waals surface area contributed by atoms with Gasteiger partial charge in [-0.3, -0.25) is 0 Å². The van der Waals surface area contributed by atoms with Crippen LogP contribution in [0.3, 0.4) is 0 Å². The number of thioether (sulfide) groups is 1. The van der Waals surface area contributed by atoms with Gasteiger partial charge in [-0.2, -0.15) is 18.8 Å². The van der Waals surface area contributed by atoms with Crippen molar-refractivity contribution in [2.24, 2.45) is 0 Å². The molecular formula is C7H17NS. The Morgan fingerprint density at radius 2 is 2.22 bits per heavy atom. The van der Waals surface area contributed by atoms with E-state index in [1.807, 2.05) is 17.1 Å². The highest BCUT2D eigenvalue weighted by atomic mass is 32.2. The maximum Gasteiger partial charge on any atom is 0.0523 e. The molecule has 0 aromatic heterocycles. The highest BCUT2D eigenvalue weighted by molar-refractivity contribution is 7.99. The highest BCUT2D eigenvalue weighted by Gasteiger charge is 1.92. The number of hydrogen-bond acceptors (Lipinski definition) is 1. The third kappa shape index (κ3) is 8.31. The second-order valence-electron chi connectivity index (χ2n) is 2.35. The molecule has 0 fully saturated rings. The number of rotatable bonds is 5. The first-order valence-electron chi connectivity index (χ1n) is 3.50. The molecule has 1 nitrogen and oxygen atoms in total. The largest absolute Gasteiger partial charge is 0.479 e. The van der Waals surface area contributed by atoms with Crippen LogP contribution in [-0.2, 0) is 0 Å². The molecule has 0 amide bonds. The van der Waals surface area contributed by atoms with Crippen LogP contribution in [-0.4, -0.2) is 17.5 Å². The van der Waals surface area contributed by atoms with Crippen LogP contribution in [0.15, 0.2) is 0 Å². The van der Waals surface area contributed by atoms with Gasteiger partial charge in [0, 0.05) is 6.42 Å². The molecule has 2 heteroatoms. The van der Waals surface area contributed by atoms with E-state index in [-0.39, 0.29) is 0 Å². The molecule has 2 N–H and O–H groups in total. The summed E-state index contributed by atoms with van der Waals surface area (Å²) in [5.74, 6) is 1.28. The van der Waals surface area contributed by atoms with E-state index in [9.17, 15) is 0 Å². The van der Waals surface area contributed by atoms with Gasteiger partial charge in [-0.05, 0) is 11.0 Å². The first-order valence-corrected chi connectivity index (χ1v) is 4.54. The summed E-state index contributed by atoms with van der Waals surface area (Å²) >= 11 is 2.02. The van der Waals surface area contributed by atoms with E-state index in [2.05, 4.69) is 20.9 Å². The predicted octanol–water partition coefficient (Wildman–Crippen LogP) is 0.873. The van der Waals surface area contributed by atoms with E-state index in [1.165, 1.54) is 18.7 Å². The standard InChI is InChI=1S/C7H17NS/c1-7(2)9-6-4-5-8-3/h7H,3-6,8H2,1-2H3. The summed E-state index contributed by atoms with van der Waals surface area (Å²) in [5.41, 5.74) is 0. The van der Waals surface area contributed by atoms with Crippen LogP contribution in [0.25, 0.3) is 0 Å². The van der Waals surface area contributed by atoms with Crippen molar-refractivity contribution in [3.05, 3.63) is 7.05 Å². The molecule has 0 atom stereocenters. The summed E-state index contributed by atoms with van der Waals surface area (Å²) in [6.45, 7) is 5.64. The Morgan fingerprint density at radius 3 is 2.67 bits per heavy atom. The zero-order chi connectivity index (χ0) is 7.11. The van der Waals surface area contributed by atoms with E-state index in [1.54, 1.807) is 0 Å². The molecule has 0 saturated heterocycles. The lowest BCUT2D eigenvalue weighted by atomic mass is 10.5. The molecule has 0 aliphatic rings. The number of quaternary nitrogens is 1. The van der Waals surface area contributed by atoms with Crippen molar-refractivity contribution in [2.45, 2.75) is 25.5 Å². The fraction of sp³-hybridized carbons (Fsp3) is 0.857. The predicted molar refractivity (Wildman–Crippen MR) is 44.4 cm³/mol. The molecule has 0 saturated carbocycles. The summed E-state index contributed by atoms with van der Waals surface area (Å²) in [5, 5.41) is 2.77. The van der Waals surface area contributed by atoms with E-state index < -0.39 is 0 Å². The molecule has 0 aliphatic carbocycles. The van der Waals surface area contributed by atoms with Crippen molar-refractivity contribution < 1.29 is 5.32 Å².